The van der Waals surface area contributed by atoms with Gasteiger partial charge in [0.2, 0.25) is 0 Å². The van der Waals surface area contributed by atoms with E-state index in [2.05, 4.69) is 10.2 Å². The standard InChI is InChI=1S/C22H26ClN3O4/c1-22(2,3)16-11-14(5-8-20(27)30-10-9-29-4)12-19(21(16)28)26-24-17-7-6-15(23)13-18(17)25-26/h5-8,12-14,16H,9-11H2,1-4H3. The van der Waals surface area contributed by atoms with Gasteiger partial charge in [0.1, 0.15) is 23.3 Å². The van der Waals surface area contributed by atoms with Crippen molar-refractivity contribution in [2.45, 2.75) is 27.2 Å². The number of methoxy groups -OCH3 is 1. The molecule has 0 bridgehead atoms. The van der Waals surface area contributed by atoms with E-state index >= 15 is 0 Å². The van der Waals surface area contributed by atoms with Crippen LogP contribution in [0.5, 0.6) is 0 Å². The number of fused-ring (bicyclic) bond motifs is 1. The zero-order chi connectivity index (χ0) is 21.9. The summed E-state index contributed by atoms with van der Waals surface area (Å²) in [6.07, 6.45) is 5.57. The van der Waals surface area contributed by atoms with Crippen molar-refractivity contribution in [3.05, 3.63) is 41.4 Å². The number of allylic oxidation sites excluding steroid dienone is 3. The summed E-state index contributed by atoms with van der Waals surface area (Å²) in [6.45, 7) is 6.64. The third-order valence-corrected chi connectivity index (χ3v) is 5.30. The molecular formula is C22H26ClN3O4. The first kappa shape index (κ1) is 22.2. The second-order valence-electron chi connectivity index (χ2n) is 8.38. The molecule has 0 saturated carbocycles. The van der Waals surface area contributed by atoms with E-state index in [0.29, 0.717) is 34.8 Å². The third-order valence-electron chi connectivity index (χ3n) is 5.06. The van der Waals surface area contributed by atoms with Gasteiger partial charge in [-0.3, -0.25) is 4.79 Å². The summed E-state index contributed by atoms with van der Waals surface area (Å²) in [5.74, 6) is -0.825. The summed E-state index contributed by atoms with van der Waals surface area (Å²) in [7, 11) is 1.54. The van der Waals surface area contributed by atoms with E-state index in [1.807, 2.05) is 26.8 Å². The fourth-order valence-corrected chi connectivity index (χ4v) is 3.59. The van der Waals surface area contributed by atoms with Crippen molar-refractivity contribution in [1.29, 1.82) is 0 Å². The first-order valence-electron chi connectivity index (χ1n) is 9.82. The summed E-state index contributed by atoms with van der Waals surface area (Å²) < 4.78 is 9.94. The lowest BCUT2D eigenvalue weighted by Crippen LogP contribution is -2.35. The fourth-order valence-electron chi connectivity index (χ4n) is 3.43. The van der Waals surface area contributed by atoms with Gasteiger partial charge in [-0.2, -0.15) is 0 Å². The van der Waals surface area contributed by atoms with E-state index in [1.54, 1.807) is 31.4 Å². The van der Waals surface area contributed by atoms with Crippen LogP contribution in [-0.2, 0) is 19.1 Å². The predicted molar refractivity (Wildman–Crippen MR) is 115 cm³/mol. The monoisotopic (exact) mass is 431 g/mol. The highest BCUT2D eigenvalue weighted by molar-refractivity contribution is 6.31. The molecule has 3 rings (SSSR count). The van der Waals surface area contributed by atoms with Crippen LogP contribution in [-0.4, -0.2) is 47.1 Å². The zero-order valence-corrected chi connectivity index (χ0v) is 18.3. The molecule has 7 nitrogen and oxygen atoms in total. The molecule has 1 aliphatic carbocycles. The first-order valence-corrected chi connectivity index (χ1v) is 10.2. The number of carbonyl (C=O) groups is 2. The molecule has 30 heavy (non-hydrogen) atoms. The zero-order valence-electron chi connectivity index (χ0n) is 17.6. The van der Waals surface area contributed by atoms with Gasteiger partial charge in [-0.1, -0.05) is 38.4 Å². The van der Waals surface area contributed by atoms with Crippen LogP contribution >= 0.6 is 11.6 Å². The lowest BCUT2D eigenvalue weighted by atomic mass is 9.70. The van der Waals surface area contributed by atoms with Crippen molar-refractivity contribution in [2.24, 2.45) is 17.3 Å². The Kier molecular flexibility index (Phi) is 6.73. The molecule has 0 fully saturated rings. The molecule has 1 aromatic heterocycles. The molecule has 160 valence electrons. The van der Waals surface area contributed by atoms with Crippen LogP contribution in [0.25, 0.3) is 16.7 Å². The van der Waals surface area contributed by atoms with E-state index in [1.165, 1.54) is 10.9 Å². The molecule has 1 aliphatic rings. The van der Waals surface area contributed by atoms with Gasteiger partial charge in [-0.25, -0.2) is 4.79 Å². The molecule has 1 aromatic carbocycles. The molecule has 8 heteroatoms. The van der Waals surface area contributed by atoms with Crippen molar-refractivity contribution < 1.29 is 19.1 Å². The lowest BCUT2D eigenvalue weighted by molar-refractivity contribution is -0.139. The number of benzene rings is 1. The molecule has 1 heterocycles. The molecule has 0 N–H and O–H groups in total. The maximum atomic E-state index is 13.2. The molecule has 2 atom stereocenters. The quantitative estimate of drug-likeness (QED) is 0.391. The number of esters is 1. The van der Waals surface area contributed by atoms with E-state index in [4.69, 9.17) is 21.1 Å². The van der Waals surface area contributed by atoms with Gasteiger partial charge in [-0.15, -0.1) is 15.0 Å². The number of hydrogen-bond acceptors (Lipinski definition) is 6. The van der Waals surface area contributed by atoms with Gasteiger partial charge in [-0.05, 0) is 42.0 Å². The molecule has 0 saturated heterocycles. The molecule has 0 amide bonds. The van der Waals surface area contributed by atoms with Crippen LogP contribution in [0.1, 0.15) is 27.2 Å². The molecule has 0 aliphatic heterocycles. The number of halogens is 1. The average Bonchev–Trinajstić information content (AvgIpc) is 3.09. The van der Waals surface area contributed by atoms with Gasteiger partial charge in [0, 0.05) is 24.1 Å². The molecular weight excluding hydrogens is 406 g/mol. The highest BCUT2D eigenvalue weighted by Gasteiger charge is 2.38. The Morgan fingerprint density at radius 1 is 1.27 bits per heavy atom. The molecule has 2 unspecified atom stereocenters. The number of rotatable bonds is 6. The van der Waals surface area contributed by atoms with Crippen LogP contribution < -0.4 is 0 Å². The maximum Gasteiger partial charge on any atom is 0.330 e. The molecule has 0 spiro atoms. The van der Waals surface area contributed by atoms with Gasteiger partial charge in [0.15, 0.2) is 5.78 Å². The second-order valence-corrected chi connectivity index (χ2v) is 8.81. The highest BCUT2D eigenvalue weighted by Crippen LogP contribution is 2.39. The first-order chi connectivity index (χ1) is 14.2. The number of ketones is 1. The summed E-state index contributed by atoms with van der Waals surface area (Å²) in [4.78, 5) is 26.5. The van der Waals surface area contributed by atoms with Gasteiger partial charge in [0.25, 0.3) is 0 Å². The Morgan fingerprint density at radius 3 is 2.70 bits per heavy atom. The van der Waals surface area contributed by atoms with E-state index < -0.39 is 5.97 Å². The van der Waals surface area contributed by atoms with Crippen LogP contribution in [0.15, 0.2) is 36.4 Å². The molecule has 0 radical (unpaired) electrons. The number of Topliss-reactive ketones (excluding diaryl/α,β-unsaturated/α-hetero) is 1. The number of nitrogens with zero attached hydrogens (tertiary/aromatic N) is 3. The third kappa shape index (κ3) is 5.15. The summed E-state index contributed by atoms with van der Waals surface area (Å²) in [5, 5.41) is 9.45. The Hall–Kier alpha value is -2.51. The largest absolute Gasteiger partial charge is 0.460 e. The minimum absolute atomic E-state index is 0.0128. The molecule has 2 aromatic rings. The Bertz CT molecular complexity index is 1000. The van der Waals surface area contributed by atoms with Crippen molar-refractivity contribution >= 4 is 40.1 Å². The minimum atomic E-state index is -0.441. The highest BCUT2D eigenvalue weighted by atomic mass is 35.5. The Morgan fingerprint density at radius 2 is 2.00 bits per heavy atom. The minimum Gasteiger partial charge on any atom is -0.460 e. The maximum absolute atomic E-state index is 13.2. The number of ether oxygens (including phenoxy) is 2. The van der Waals surface area contributed by atoms with Crippen molar-refractivity contribution in [3.8, 4) is 0 Å². The van der Waals surface area contributed by atoms with Crippen LogP contribution in [0.3, 0.4) is 0 Å². The number of hydrogen-bond donors (Lipinski definition) is 0. The number of carbonyl (C=O) groups excluding carboxylic acids is 2. The van der Waals surface area contributed by atoms with Gasteiger partial charge < -0.3 is 9.47 Å². The SMILES string of the molecule is COCCOC(=O)C=CC1C=C(n2nc3ccc(Cl)cc3n2)C(=O)C(C(C)(C)C)C1. The topological polar surface area (TPSA) is 83.3 Å². The van der Waals surface area contributed by atoms with E-state index in [0.717, 1.165) is 0 Å². The van der Waals surface area contributed by atoms with Crippen molar-refractivity contribution in [3.63, 3.8) is 0 Å². The van der Waals surface area contributed by atoms with E-state index in [9.17, 15) is 9.59 Å². The van der Waals surface area contributed by atoms with Crippen molar-refractivity contribution in [1.82, 2.24) is 15.0 Å². The van der Waals surface area contributed by atoms with Crippen LogP contribution in [0, 0.1) is 17.3 Å². The summed E-state index contributed by atoms with van der Waals surface area (Å²) in [5.41, 5.74) is 1.41. The van der Waals surface area contributed by atoms with E-state index in [-0.39, 0.29) is 29.6 Å². The Labute approximate surface area is 180 Å². The second kappa shape index (κ2) is 9.10. The lowest BCUT2D eigenvalue weighted by Gasteiger charge is -2.34. The Balaban J connectivity index is 1.91. The predicted octanol–water partition coefficient (Wildman–Crippen LogP) is 3.92. The fraction of sp³-hybridized carbons (Fsp3) is 0.455. The van der Waals surface area contributed by atoms with Crippen LogP contribution in [0.2, 0.25) is 5.02 Å². The average molecular weight is 432 g/mol. The normalized spacial score (nSPS) is 20.0. The van der Waals surface area contributed by atoms with Gasteiger partial charge in [0.05, 0.1) is 6.61 Å². The van der Waals surface area contributed by atoms with Gasteiger partial charge >= 0.3 is 5.97 Å². The summed E-state index contributed by atoms with van der Waals surface area (Å²) >= 11 is 6.05. The smallest absolute Gasteiger partial charge is 0.330 e. The number of aromatic nitrogens is 3. The van der Waals surface area contributed by atoms with Crippen LogP contribution in [0.4, 0.5) is 0 Å². The summed E-state index contributed by atoms with van der Waals surface area (Å²) in [6, 6.07) is 5.21. The van der Waals surface area contributed by atoms with Crippen molar-refractivity contribution in [2.75, 3.05) is 20.3 Å².